The highest BCUT2D eigenvalue weighted by atomic mass is 16.7. The van der Waals surface area contributed by atoms with E-state index in [0.717, 1.165) is 0 Å². The number of methoxy groups -OCH3 is 1. The maximum atomic E-state index is 11.2. The van der Waals surface area contributed by atoms with E-state index in [4.69, 9.17) is 9.47 Å². The van der Waals surface area contributed by atoms with Crippen LogP contribution < -0.4 is 0 Å². The zero-order valence-electron chi connectivity index (χ0n) is 10.7. The number of ether oxygens (including phenoxy) is 3. The predicted octanol–water partition coefficient (Wildman–Crippen LogP) is 2.26. The third-order valence-corrected chi connectivity index (χ3v) is 3.93. The molecule has 2 unspecified atom stereocenters. The van der Waals surface area contributed by atoms with Crippen LogP contribution in [0.25, 0.3) is 0 Å². The minimum absolute atomic E-state index is 0.144. The Morgan fingerprint density at radius 3 is 2.71 bits per heavy atom. The Morgan fingerprint density at radius 1 is 1.35 bits per heavy atom. The molecule has 4 heteroatoms. The monoisotopic (exact) mass is 242 g/mol. The maximum Gasteiger partial charge on any atom is 0.308 e. The van der Waals surface area contributed by atoms with Gasteiger partial charge in [0.2, 0.25) is 0 Å². The fraction of sp³-hybridized carbons (Fsp3) is 0.923. The maximum absolute atomic E-state index is 11.2. The van der Waals surface area contributed by atoms with E-state index in [1.807, 2.05) is 6.92 Å². The third-order valence-electron chi connectivity index (χ3n) is 3.93. The van der Waals surface area contributed by atoms with E-state index in [9.17, 15) is 4.79 Å². The minimum atomic E-state index is -0.487. The van der Waals surface area contributed by atoms with Crippen LogP contribution in [0.15, 0.2) is 0 Å². The minimum Gasteiger partial charge on any atom is -0.469 e. The lowest BCUT2D eigenvalue weighted by atomic mass is 9.84. The van der Waals surface area contributed by atoms with E-state index in [2.05, 4.69) is 4.74 Å². The molecule has 1 heterocycles. The molecule has 1 aliphatic carbocycles. The zero-order chi connectivity index (χ0) is 12.3. The molecule has 17 heavy (non-hydrogen) atoms. The largest absolute Gasteiger partial charge is 0.469 e. The van der Waals surface area contributed by atoms with Crippen LogP contribution in [0.1, 0.15) is 45.4 Å². The highest BCUT2D eigenvalue weighted by molar-refractivity contribution is 5.69. The summed E-state index contributed by atoms with van der Waals surface area (Å²) in [5.74, 6) is -0.246. The molecule has 4 nitrogen and oxygen atoms in total. The molecule has 0 aromatic heterocycles. The van der Waals surface area contributed by atoms with Gasteiger partial charge < -0.3 is 14.2 Å². The van der Waals surface area contributed by atoms with Gasteiger partial charge in [0, 0.05) is 5.92 Å². The quantitative estimate of drug-likeness (QED) is 0.712. The van der Waals surface area contributed by atoms with Crippen molar-refractivity contribution in [3.05, 3.63) is 0 Å². The van der Waals surface area contributed by atoms with E-state index in [1.165, 1.54) is 39.2 Å². The molecule has 2 fully saturated rings. The van der Waals surface area contributed by atoms with Crippen LogP contribution in [0.3, 0.4) is 0 Å². The average molecular weight is 242 g/mol. The first kappa shape index (κ1) is 12.8. The molecule has 0 aromatic rings. The highest BCUT2D eigenvalue weighted by Crippen LogP contribution is 2.40. The summed E-state index contributed by atoms with van der Waals surface area (Å²) in [4.78, 5) is 11.2. The van der Waals surface area contributed by atoms with Gasteiger partial charge in [0.15, 0.2) is 5.79 Å². The number of carbonyl (C=O) groups excluding carboxylic acids is 1. The number of carbonyl (C=O) groups is 1. The Labute approximate surface area is 103 Å². The smallest absolute Gasteiger partial charge is 0.308 e. The van der Waals surface area contributed by atoms with Crippen LogP contribution in [0.5, 0.6) is 0 Å². The van der Waals surface area contributed by atoms with Gasteiger partial charge in [-0.3, -0.25) is 4.79 Å². The normalized spacial score (nSPS) is 34.8. The molecule has 2 aliphatic rings. The fourth-order valence-corrected chi connectivity index (χ4v) is 2.87. The van der Waals surface area contributed by atoms with Crippen LogP contribution in [-0.4, -0.2) is 31.6 Å². The standard InChI is InChI=1S/C13H22O4/c1-13(10-6-4-3-5-7-10)16-9-11(17-13)8-12(14)15-2/h10-11H,3-9H2,1-2H3. The summed E-state index contributed by atoms with van der Waals surface area (Å²) in [7, 11) is 1.40. The summed E-state index contributed by atoms with van der Waals surface area (Å²) in [5.41, 5.74) is 0. The van der Waals surface area contributed by atoms with Crippen molar-refractivity contribution in [1.29, 1.82) is 0 Å². The van der Waals surface area contributed by atoms with Gasteiger partial charge in [0.25, 0.3) is 0 Å². The molecule has 98 valence electrons. The van der Waals surface area contributed by atoms with E-state index < -0.39 is 5.79 Å². The van der Waals surface area contributed by atoms with Crippen molar-refractivity contribution in [1.82, 2.24) is 0 Å². The molecular weight excluding hydrogens is 220 g/mol. The summed E-state index contributed by atoms with van der Waals surface area (Å²) in [6.45, 7) is 2.52. The van der Waals surface area contributed by atoms with Crippen molar-refractivity contribution in [2.75, 3.05) is 13.7 Å². The lowest BCUT2D eigenvalue weighted by Crippen LogP contribution is -2.37. The summed E-state index contributed by atoms with van der Waals surface area (Å²) in [6, 6.07) is 0. The molecule has 1 saturated carbocycles. The number of esters is 1. The molecule has 2 rings (SSSR count). The highest BCUT2D eigenvalue weighted by Gasteiger charge is 2.44. The van der Waals surface area contributed by atoms with Gasteiger partial charge >= 0.3 is 5.97 Å². The van der Waals surface area contributed by atoms with Crippen molar-refractivity contribution < 1.29 is 19.0 Å². The molecule has 1 aliphatic heterocycles. The van der Waals surface area contributed by atoms with Crippen molar-refractivity contribution in [3.63, 3.8) is 0 Å². The molecule has 1 saturated heterocycles. The van der Waals surface area contributed by atoms with Gasteiger partial charge in [-0.15, -0.1) is 0 Å². The topological polar surface area (TPSA) is 44.8 Å². The Bertz CT molecular complexity index is 273. The second kappa shape index (κ2) is 5.36. The van der Waals surface area contributed by atoms with Gasteiger partial charge in [0.1, 0.15) is 0 Å². The molecule has 0 radical (unpaired) electrons. The van der Waals surface area contributed by atoms with Crippen molar-refractivity contribution in [2.45, 2.75) is 57.3 Å². The second-order valence-corrected chi connectivity index (χ2v) is 5.18. The molecule has 0 N–H and O–H groups in total. The first-order valence-electron chi connectivity index (χ1n) is 6.52. The average Bonchev–Trinajstić information content (AvgIpc) is 2.73. The van der Waals surface area contributed by atoms with Crippen molar-refractivity contribution >= 4 is 5.97 Å². The van der Waals surface area contributed by atoms with Crippen LogP contribution in [0, 0.1) is 5.92 Å². The Hall–Kier alpha value is -0.610. The Kier molecular flexibility index (Phi) is 4.05. The first-order chi connectivity index (χ1) is 8.14. The summed E-state index contributed by atoms with van der Waals surface area (Å²) < 4.78 is 16.4. The van der Waals surface area contributed by atoms with Gasteiger partial charge in [0.05, 0.1) is 26.2 Å². The van der Waals surface area contributed by atoms with Gasteiger partial charge in [-0.25, -0.2) is 0 Å². The molecule has 0 amide bonds. The van der Waals surface area contributed by atoms with Gasteiger partial charge in [-0.2, -0.15) is 0 Å². The molecule has 0 bridgehead atoms. The lowest BCUT2D eigenvalue weighted by molar-refractivity contribution is -0.198. The lowest BCUT2D eigenvalue weighted by Gasteiger charge is -2.35. The fourth-order valence-electron chi connectivity index (χ4n) is 2.87. The van der Waals surface area contributed by atoms with E-state index in [-0.39, 0.29) is 12.1 Å². The third kappa shape index (κ3) is 2.99. The Morgan fingerprint density at radius 2 is 2.06 bits per heavy atom. The van der Waals surface area contributed by atoms with Gasteiger partial charge in [-0.05, 0) is 19.8 Å². The van der Waals surface area contributed by atoms with E-state index in [0.29, 0.717) is 18.9 Å². The first-order valence-corrected chi connectivity index (χ1v) is 6.52. The van der Waals surface area contributed by atoms with Crippen LogP contribution in [-0.2, 0) is 19.0 Å². The number of hydrogen-bond donors (Lipinski definition) is 0. The molecule has 2 atom stereocenters. The number of hydrogen-bond acceptors (Lipinski definition) is 4. The second-order valence-electron chi connectivity index (χ2n) is 5.18. The summed E-state index contributed by atoms with van der Waals surface area (Å²) in [5, 5.41) is 0. The molecule has 0 spiro atoms. The number of rotatable bonds is 3. The van der Waals surface area contributed by atoms with Crippen molar-refractivity contribution in [2.24, 2.45) is 5.92 Å². The van der Waals surface area contributed by atoms with Crippen molar-refractivity contribution in [3.8, 4) is 0 Å². The summed E-state index contributed by atoms with van der Waals surface area (Å²) in [6.07, 6.45) is 6.32. The van der Waals surface area contributed by atoms with E-state index in [1.54, 1.807) is 0 Å². The van der Waals surface area contributed by atoms with Crippen LogP contribution >= 0.6 is 0 Å². The SMILES string of the molecule is COC(=O)CC1COC(C)(C2CCCCC2)O1. The van der Waals surface area contributed by atoms with Crippen LogP contribution in [0.2, 0.25) is 0 Å². The Balaban J connectivity index is 1.88. The molecule has 0 aromatic carbocycles. The molecular formula is C13H22O4. The summed E-state index contributed by atoms with van der Waals surface area (Å²) >= 11 is 0. The van der Waals surface area contributed by atoms with Gasteiger partial charge in [-0.1, -0.05) is 19.3 Å². The predicted molar refractivity (Wildman–Crippen MR) is 62.4 cm³/mol. The van der Waals surface area contributed by atoms with E-state index >= 15 is 0 Å². The van der Waals surface area contributed by atoms with Crippen LogP contribution in [0.4, 0.5) is 0 Å². The zero-order valence-corrected chi connectivity index (χ0v) is 10.7.